The maximum absolute atomic E-state index is 6.28. The van der Waals surface area contributed by atoms with Gasteiger partial charge in [0.15, 0.2) is 0 Å². The summed E-state index contributed by atoms with van der Waals surface area (Å²) in [5.74, 6) is 0.534. The van der Waals surface area contributed by atoms with E-state index in [2.05, 4.69) is 26.0 Å². The second kappa shape index (κ2) is 5.30. The molecule has 2 nitrogen and oxygen atoms in total. The van der Waals surface area contributed by atoms with Gasteiger partial charge in [-0.3, -0.25) is 0 Å². The fourth-order valence-electron chi connectivity index (χ4n) is 2.42. The highest BCUT2D eigenvalue weighted by Crippen LogP contribution is 2.26. The van der Waals surface area contributed by atoms with Crippen LogP contribution < -0.4 is 5.73 Å². The lowest BCUT2D eigenvalue weighted by Gasteiger charge is -2.21. The van der Waals surface area contributed by atoms with Crippen molar-refractivity contribution in [2.24, 2.45) is 11.7 Å². The third kappa shape index (κ3) is 2.65. The molecule has 3 atom stereocenters. The van der Waals surface area contributed by atoms with Gasteiger partial charge >= 0.3 is 0 Å². The molecular formula is C13H21NOS. The molecule has 2 rings (SSSR count). The summed E-state index contributed by atoms with van der Waals surface area (Å²) < 4.78 is 5.57. The summed E-state index contributed by atoms with van der Waals surface area (Å²) >= 11 is 1.90. The Balaban J connectivity index is 1.93. The number of hydrogen-bond donors (Lipinski definition) is 1. The molecule has 0 aromatic carbocycles. The van der Waals surface area contributed by atoms with Crippen LogP contribution in [0, 0.1) is 5.92 Å². The first-order chi connectivity index (χ1) is 7.70. The molecule has 0 aliphatic carbocycles. The van der Waals surface area contributed by atoms with Crippen LogP contribution in [0.3, 0.4) is 0 Å². The molecule has 2 N–H and O–H groups in total. The largest absolute Gasteiger partial charge is 0.378 e. The molecule has 0 radical (unpaired) electrons. The van der Waals surface area contributed by atoms with Crippen LogP contribution in [-0.4, -0.2) is 18.8 Å². The van der Waals surface area contributed by atoms with Gasteiger partial charge in [-0.15, -0.1) is 11.3 Å². The smallest absolute Gasteiger partial charge is 0.0590 e. The van der Waals surface area contributed by atoms with Gasteiger partial charge in [-0.1, -0.05) is 6.92 Å². The van der Waals surface area contributed by atoms with E-state index in [4.69, 9.17) is 10.5 Å². The molecule has 3 unspecified atom stereocenters. The minimum absolute atomic E-state index is 0.251. The number of hydrogen-bond acceptors (Lipinski definition) is 3. The van der Waals surface area contributed by atoms with Crippen molar-refractivity contribution < 1.29 is 4.74 Å². The van der Waals surface area contributed by atoms with Crippen molar-refractivity contribution in [1.29, 1.82) is 0 Å². The minimum Gasteiger partial charge on any atom is -0.378 e. The van der Waals surface area contributed by atoms with Gasteiger partial charge in [-0.25, -0.2) is 0 Å². The summed E-state index contributed by atoms with van der Waals surface area (Å²) in [6.45, 7) is 5.22. The molecule has 1 aliphatic rings. The van der Waals surface area contributed by atoms with E-state index in [0.29, 0.717) is 12.0 Å². The Morgan fingerprint density at radius 1 is 1.50 bits per heavy atom. The van der Waals surface area contributed by atoms with Crippen LogP contribution in [0.25, 0.3) is 0 Å². The van der Waals surface area contributed by atoms with Crippen LogP contribution in [0.15, 0.2) is 12.1 Å². The average Bonchev–Trinajstić information content (AvgIpc) is 2.86. The quantitative estimate of drug-likeness (QED) is 0.876. The Kier molecular flexibility index (Phi) is 4.00. The third-order valence-corrected chi connectivity index (χ3v) is 4.74. The van der Waals surface area contributed by atoms with Crippen LogP contribution in [0.5, 0.6) is 0 Å². The maximum Gasteiger partial charge on any atom is 0.0590 e. The van der Waals surface area contributed by atoms with Crippen LogP contribution in [0.1, 0.15) is 30.0 Å². The zero-order chi connectivity index (χ0) is 11.5. The Morgan fingerprint density at radius 3 is 2.81 bits per heavy atom. The topological polar surface area (TPSA) is 35.2 Å². The molecule has 0 bridgehead atoms. The summed E-state index contributed by atoms with van der Waals surface area (Å²) in [6.07, 6.45) is 3.58. The summed E-state index contributed by atoms with van der Waals surface area (Å²) in [4.78, 5) is 2.88. The third-order valence-electron chi connectivity index (χ3n) is 3.49. The van der Waals surface area contributed by atoms with E-state index in [1.54, 1.807) is 0 Å². The van der Waals surface area contributed by atoms with E-state index in [1.165, 1.54) is 9.75 Å². The second-order valence-corrected chi connectivity index (χ2v) is 5.87. The summed E-state index contributed by atoms with van der Waals surface area (Å²) in [5, 5.41) is 0. The SMILES string of the molecule is CCc1ccc(CC(N)C2CCOC2C)s1. The highest BCUT2D eigenvalue weighted by atomic mass is 32.1. The molecule has 0 saturated carbocycles. The molecule has 0 spiro atoms. The van der Waals surface area contributed by atoms with Crippen molar-refractivity contribution in [3.05, 3.63) is 21.9 Å². The van der Waals surface area contributed by atoms with Crippen molar-refractivity contribution in [3.63, 3.8) is 0 Å². The van der Waals surface area contributed by atoms with E-state index in [0.717, 1.165) is 25.9 Å². The van der Waals surface area contributed by atoms with Gasteiger partial charge in [-0.2, -0.15) is 0 Å². The molecule has 1 saturated heterocycles. The Hall–Kier alpha value is -0.380. The number of nitrogens with two attached hydrogens (primary N) is 1. The lowest BCUT2D eigenvalue weighted by atomic mass is 9.91. The Labute approximate surface area is 102 Å². The minimum atomic E-state index is 0.251. The van der Waals surface area contributed by atoms with Crippen LogP contribution >= 0.6 is 11.3 Å². The highest BCUT2D eigenvalue weighted by molar-refractivity contribution is 7.11. The van der Waals surface area contributed by atoms with Gasteiger partial charge < -0.3 is 10.5 Å². The lowest BCUT2D eigenvalue weighted by Crippen LogP contribution is -2.35. The molecule has 16 heavy (non-hydrogen) atoms. The van der Waals surface area contributed by atoms with Gasteiger partial charge in [0.25, 0.3) is 0 Å². The number of rotatable bonds is 4. The summed E-state index contributed by atoms with van der Waals surface area (Å²) in [6, 6.07) is 4.70. The van der Waals surface area contributed by atoms with Crippen molar-refractivity contribution in [2.75, 3.05) is 6.61 Å². The van der Waals surface area contributed by atoms with E-state index in [9.17, 15) is 0 Å². The zero-order valence-corrected chi connectivity index (χ0v) is 10.9. The van der Waals surface area contributed by atoms with Crippen LogP contribution in [-0.2, 0) is 17.6 Å². The standard InChI is InChI=1S/C13H21NOS/c1-3-10-4-5-11(16-10)8-13(14)12-6-7-15-9(12)2/h4-5,9,12-13H,3,6-8,14H2,1-2H3. The first-order valence-corrected chi connectivity index (χ1v) is 6.97. The van der Waals surface area contributed by atoms with Gasteiger partial charge in [0.2, 0.25) is 0 Å². The van der Waals surface area contributed by atoms with Gasteiger partial charge in [0.05, 0.1) is 6.10 Å². The van der Waals surface area contributed by atoms with Crippen molar-refractivity contribution in [3.8, 4) is 0 Å². The van der Waals surface area contributed by atoms with E-state index >= 15 is 0 Å². The molecule has 90 valence electrons. The molecule has 1 aromatic heterocycles. The molecule has 3 heteroatoms. The first-order valence-electron chi connectivity index (χ1n) is 6.15. The summed E-state index contributed by atoms with van der Waals surface area (Å²) in [5.41, 5.74) is 6.28. The fraction of sp³-hybridized carbons (Fsp3) is 0.692. The molecule has 1 aromatic rings. The van der Waals surface area contributed by atoms with Crippen LogP contribution in [0.4, 0.5) is 0 Å². The normalized spacial score (nSPS) is 27.2. The van der Waals surface area contributed by atoms with Crippen LogP contribution in [0.2, 0.25) is 0 Å². The highest BCUT2D eigenvalue weighted by Gasteiger charge is 2.29. The van der Waals surface area contributed by atoms with Gasteiger partial charge in [0, 0.05) is 28.3 Å². The fourth-order valence-corrected chi connectivity index (χ4v) is 3.45. The van der Waals surface area contributed by atoms with E-state index < -0.39 is 0 Å². The number of ether oxygens (including phenoxy) is 1. The lowest BCUT2D eigenvalue weighted by molar-refractivity contribution is 0.0995. The maximum atomic E-state index is 6.28. The Morgan fingerprint density at radius 2 is 2.25 bits per heavy atom. The van der Waals surface area contributed by atoms with Crippen molar-refractivity contribution in [1.82, 2.24) is 0 Å². The van der Waals surface area contributed by atoms with Crippen molar-refractivity contribution in [2.45, 2.75) is 45.3 Å². The number of thiophene rings is 1. The van der Waals surface area contributed by atoms with E-state index in [1.807, 2.05) is 11.3 Å². The molecule has 0 amide bonds. The van der Waals surface area contributed by atoms with Gasteiger partial charge in [0.1, 0.15) is 0 Å². The molecular weight excluding hydrogens is 218 g/mol. The first kappa shape index (κ1) is 12.1. The zero-order valence-electron chi connectivity index (χ0n) is 10.1. The number of aryl methyl sites for hydroxylation is 1. The molecule has 2 heterocycles. The molecule has 1 fully saturated rings. The second-order valence-electron chi connectivity index (χ2n) is 4.62. The monoisotopic (exact) mass is 239 g/mol. The average molecular weight is 239 g/mol. The molecule has 1 aliphatic heterocycles. The predicted octanol–water partition coefficient (Wildman–Crippen LogP) is 2.61. The Bertz CT molecular complexity index is 336. The summed E-state index contributed by atoms with van der Waals surface area (Å²) in [7, 11) is 0. The van der Waals surface area contributed by atoms with Gasteiger partial charge in [-0.05, 0) is 38.3 Å². The predicted molar refractivity (Wildman–Crippen MR) is 68.9 cm³/mol. The van der Waals surface area contributed by atoms with E-state index in [-0.39, 0.29) is 6.04 Å². The van der Waals surface area contributed by atoms with Crippen molar-refractivity contribution >= 4 is 11.3 Å².